The van der Waals surface area contributed by atoms with Crippen molar-refractivity contribution in [2.45, 2.75) is 32.7 Å². The molecule has 5 rings (SSSR count). The second-order valence-electron chi connectivity index (χ2n) is 9.70. The normalized spacial score (nSPS) is 11.1. The Balaban J connectivity index is 0.00000353. The van der Waals surface area contributed by atoms with E-state index in [0.717, 1.165) is 23.2 Å². The van der Waals surface area contributed by atoms with E-state index in [1.54, 1.807) is 0 Å². The maximum absolute atomic E-state index is 6.38. The summed E-state index contributed by atoms with van der Waals surface area (Å²) < 4.78 is 12.5. The molecule has 0 N–H and O–H groups in total. The molecule has 0 unspecified atom stereocenters. The van der Waals surface area contributed by atoms with Crippen molar-refractivity contribution in [3.05, 3.63) is 151 Å². The average Bonchev–Trinajstić information content (AvgIpc) is 2.97. The first-order valence-electron chi connectivity index (χ1n) is 13.2. The number of benzene rings is 5. The summed E-state index contributed by atoms with van der Waals surface area (Å²) in [4.78, 5) is 0. The van der Waals surface area contributed by atoms with E-state index in [4.69, 9.17) is 9.47 Å². The van der Waals surface area contributed by atoms with Crippen molar-refractivity contribution < 1.29 is 26.5 Å². The lowest BCUT2D eigenvalue weighted by Crippen LogP contribution is -3.00. The molecule has 0 heterocycles. The molecule has 5 aromatic carbocycles. The third-order valence-electron chi connectivity index (χ3n) is 6.62. The van der Waals surface area contributed by atoms with E-state index in [1.165, 1.54) is 21.5 Å². The molecule has 5 aromatic rings. The molecule has 39 heavy (non-hydrogen) atoms. The molecule has 0 saturated heterocycles. The molecule has 0 saturated carbocycles. The van der Waals surface area contributed by atoms with Crippen molar-refractivity contribution in [1.82, 2.24) is 0 Å². The van der Waals surface area contributed by atoms with Gasteiger partial charge in [-0.2, -0.15) is 0 Å². The summed E-state index contributed by atoms with van der Waals surface area (Å²) in [6.07, 6.45) is 0.943. The third-order valence-corrected chi connectivity index (χ3v) is 11.0. The van der Waals surface area contributed by atoms with Crippen molar-refractivity contribution in [2.75, 3.05) is 0 Å². The molecule has 0 aliphatic rings. The minimum absolute atomic E-state index is 0. The van der Waals surface area contributed by atoms with Gasteiger partial charge in [-0.3, -0.25) is 0 Å². The first kappa shape index (κ1) is 28.6. The summed E-state index contributed by atoms with van der Waals surface area (Å²) in [5, 5.41) is 4.10. The monoisotopic (exact) mass is 596 g/mol. The summed E-state index contributed by atoms with van der Waals surface area (Å²) in [7, 11) is -2.01. The highest BCUT2D eigenvalue weighted by Crippen LogP contribution is 2.58. The summed E-state index contributed by atoms with van der Waals surface area (Å²) in [6, 6.07) is 49.7. The van der Waals surface area contributed by atoms with E-state index in [0.29, 0.717) is 6.61 Å². The Bertz CT molecular complexity index is 1330. The molecule has 0 aromatic heterocycles. The van der Waals surface area contributed by atoms with Crippen molar-refractivity contribution in [3.63, 3.8) is 0 Å². The van der Waals surface area contributed by atoms with E-state index in [2.05, 4.69) is 121 Å². The zero-order chi connectivity index (χ0) is 26.2. The second kappa shape index (κ2) is 13.6. The van der Waals surface area contributed by atoms with Crippen LogP contribution in [0.3, 0.4) is 0 Å². The van der Waals surface area contributed by atoms with Crippen LogP contribution in [-0.4, -0.2) is 6.10 Å². The van der Waals surface area contributed by atoms with E-state index in [9.17, 15) is 0 Å². The van der Waals surface area contributed by atoms with Crippen LogP contribution in [0.4, 0.5) is 0 Å². The first-order valence-corrected chi connectivity index (χ1v) is 15.1. The topological polar surface area (TPSA) is 18.5 Å². The Morgan fingerprint density at radius 1 is 0.538 bits per heavy atom. The standard InChI is InChI=1S/C35H34O2P.BrH/c1-28(2)37-34-24-23-30(25-35(34)36-26-29-15-7-3-8-16-29)27-38(31-17-9-4-10-18-31,32-19-11-5-12-20-32)33-21-13-6-14-22-33;/h3-25,28H,26-27H2,1-2H3;1H/q+1;/p-1. The highest BCUT2D eigenvalue weighted by molar-refractivity contribution is 7.95. The molecule has 0 fully saturated rings. The minimum atomic E-state index is -2.01. The molecule has 4 heteroatoms. The zero-order valence-corrected chi connectivity index (χ0v) is 24.9. The van der Waals surface area contributed by atoms with Gasteiger partial charge in [0.1, 0.15) is 29.8 Å². The lowest BCUT2D eigenvalue weighted by atomic mass is 10.2. The smallest absolute Gasteiger partial charge is 0.162 e. The summed E-state index contributed by atoms with van der Waals surface area (Å²) in [5.74, 6) is 1.56. The van der Waals surface area contributed by atoms with Gasteiger partial charge >= 0.3 is 0 Å². The number of hydrogen-bond acceptors (Lipinski definition) is 2. The lowest BCUT2D eigenvalue weighted by molar-refractivity contribution is -0.00000888. The molecule has 0 bridgehead atoms. The largest absolute Gasteiger partial charge is 1.00 e. The second-order valence-corrected chi connectivity index (χ2v) is 13.2. The lowest BCUT2D eigenvalue weighted by Gasteiger charge is -2.28. The van der Waals surface area contributed by atoms with Gasteiger partial charge in [-0.05, 0) is 73.5 Å². The molecule has 0 aliphatic heterocycles. The SMILES string of the molecule is CC(C)Oc1ccc(C[P+](c2ccccc2)(c2ccccc2)c2ccccc2)cc1OCc1ccccc1.[Br-]. The Morgan fingerprint density at radius 2 is 1.00 bits per heavy atom. The Hall–Kier alpha value is -3.39. The third kappa shape index (κ3) is 6.79. The van der Waals surface area contributed by atoms with Crippen LogP contribution in [0.5, 0.6) is 11.5 Å². The molecule has 0 amide bonds. The van der Waals surface area contributed by atoms with E-state index in [-0.39, 0.29) is 23.1 Å². The van der Waals surface area contributed by atoms with Gasteiger partial charge in [0.25, 0.3) is 0 Å². The number of rotatable bonds is 10. The zero-order valence-electron chi connectivity index (χ0n) is 22.4. The summed E-state index contributed by atoms with van der Waals surface area (Å²) >= 11 is 0. The quantitative estimate of drug-likeness (QED) is 0.220. The van der Waals surface area contributed by atoms with E-state index in [1.807, 2.05) is 32.0 Å². The van der Waals surface area contributed by atoms with Gasteiger partial charge in [0, 0.05) is 0 Å². The predicted molar refractivity (Wildman–Crippen MR) is 162 cm³/mol. The van der Waals surface area contributed by atoms with Gasteiger partial charge in [-0.1, -0.05) is 91.0 Å². The van der Waals surface area contributed by atoms with Crippen LogP contribution in [0.2, 0.25) is 0 Å². The number of hydrogen-bond donors (Lipinski definition) is 0. The maximum atomic E-state index is 6.38. The van der Waals surface area contributed by atoms with Gasteiger partial charge in [0.05, 0.1) is 12.3 Å². The van der Waals surface area contributed by atoms with Crippen LogP contribution in [0.1, 0.15) is 25.0 Å². The maximum Gasteiger partial charge on any atom is 0.162 e. The minimum Gasteiger partial charge on any atom is -1.00 e. The van der Waals surface area contributed by atoms with Crippen molar-refractivity contribution in [2.24, 2.45) is 0 Å². The molecule has 0 spiro atoms. The fourth-order valence-electron chi connectivity index (χ4n) is 4.89. The van der Waals surface area contributed by atoms with Crippen LogP contribution >= 0.6 is 7.26 Å². The molecular formula is C35H34BrO2P. The predicted octanol–water partition coefficient (Wildman–Crippen LogP) is 4.55. The van der Waals surface area contributed by atoms with Crippen LogP contribution in [0, 0.1) is 0 Å². The summed E-state index contributed by atoms with van der Waals surface area (Å²) in [6.45, 7) is 4.59. The van der Waals surface area contributed by atoms with Crippen molar-refractivity contribution in [1.29, 1.82) is 0 Å². The van der Waals surface area contributed by atoms with Crippen LogP contribution in [0.25, 0.3) is 0 Å². The van der Waals surface area contributed by atoms with Gasteiger partial charge in [0.2, 0.25) is 0 Å². The van der Waals surface area contributed by atoms with E-state index < -0.39 is 7.26 Å². The van der Waals surface area contributed by atoms with Crippen LogP contribution < -0.4 is 42.4 Å². The van der Waals surface area contributed by atoms with Crippen LogP contribution in [0.15, 0.2) is 140 Å². The molecule has 0 aliphatic carbocycles. The molecule has 198 valence electrons. The number of ether oxygens (including phenoxy) is 2. The first-order chi connectivity index (χ1) is 18.6. The van der Waals surface area contributed by atoms with Gasteiger partial charge < -0.3 is 26.5 Å². The fraction of sp³-hybridized carbons (Fsp3) is 0.143. The Labute approximate surface area is 243 Å². The van der Waals surface area contributed by atoms with Gasteiger partial charge in [-0.15, -0.1) is 0 Å². The molecule has 0 atom stereocenters. The van der Waals surface area contributed by atoms with E-state index >= 15 is 0 Å². The fourth-order valence-corrected chi connectivity index (χ4v) is 9.12. The van der Waals surface area contributed by atoms with Gasteiger partial charge in [0.15, 0.2) is 11.5 Å². The highest BCUT2D eigenvalue weighted by Gasteiger charge is 2.45. The highest BCUT2D eigenvalue weighted by atomic mass is 79.9. The molecule has 0 radical (unpaired) electrons. The average molecular weight is 598 g/mol. The summed E-state index contributed by atoms with van der Waals surface area (Å²) in [5.41, 5.74) is 2.36. The Kier molecular flexibility index (Phi) is 9.98. The van der Waals surface area contributed by atoms with Crippen LogP contribution in [-0.2, 0) is 12.8 Å². The van der Waals surface area contributed by atoms with Crippen molar-refractivity contribution >= 4 is 23.2 Å². The number of halogens is 1. The molecular weight excluding hydrogens is 563 g/mol. The van der Waals surface area contributed by atoms with Crippen molar-refractivity contribution in [3.8, 4) is 11.5 Å². The molecule has 2 nitrogen and oxygen atoms in total. The Morgan fingerprint density at radius 3 is 1.46 bits per heavy atom. The van der Waals surface area contributed by atoms with Gasteiger partial charge in [-0.25, -0.2) is 0 Å².